The van der Waals surface area contributed by atoms with E-state index < -0.39 is 5.97 Å². The van der Waals surface area contributed by atoms with E-state index in [1.807, 2.05) is 20.8 Å². The molecule has 1 aliphatic rings. The first-order valence-corrected chi connectivity index (χ1v) is 7.10. The third-order valence-corrected chi connectivity index (χ3v) is 3.63. The summed E-state index contributed by atoms with van der Waals surface area (Å²) in [5.74, 6) is -1.06. The topological polar surface area (TPSA) is 86.7 Å². The van der Waals surface area contributed by atoms with Crippen molar-refractivity contribution in [3.63, 3.8) is 0 Å². The number of carboxylic acid groups (broad SMARTS) is 1. The Labute approximate surface area is 119 Å². The van der Waals surface area contributed by atoms with Crippen LogP contribution in [-0.4, -0.2) is 46.9 Å². The minimum atomic E-state index is -0.822. The minimum Gasteiger partial charge on any atom is -0.481 e. The molecular formula is C14H24N2O4. The molecule has 2 N–H and O–H groups in total. The van der Waals surface area contributed by atoms with E-state index in [1.165, 1.54) is 0 Å². The van der Waals surface area contributed by atoms with Crippen molar-refractivity contribution in [2.24, 2.45) is 11.8 Å². The van der Waals surface area contributed by atoms with Gasteiger partial charge in [0.15, 0.2) is 0 Å². The van der Waals surface area contributed by atoms with Crippen molar-refractivity contribution in [2.75, 3.05) is 13.1 Å². The molecule has 1 saturated heterocycles. The molecular weight excluding hydrogens is 260 g/mol. The highest BCUT2D eigenvalue weighted by atomic mass is 16.4. The Morgan fingerprint density at radius 2 is 2.05 bits per heavy atom. The number of rotatable bonds is 7. The van der Waals surface area contributed by atoms with Gasteiger partial charge in [-0.2, -0.15) is 0 Å². The standard InChI is InChI=1S/C14H24N2O4/c1-9(2)16-8-11(6-12(16)17)14(20)15-7-10(3)4-5-13(18)19/h9-11H,4-8H2,1-3H3,(H,15,20)(H,18,19). The third-order valence-electron chi connectivity index (χ3n) is 3.63. The number of hydrogen-bond acceptors (Lipinski definition) is 3. The van der Waals surface area contributed by atoms with Crippen LogP contribution in [0.4, 0.5) is 0 Å². The van der Waals surface area contributed by atoms with Crippen LogP contribution in [0.5, 0.6) is 0 Å². The second-order valence-electron chi connectivity index (χ2n) is 5.82. The van der Waals surface area contributed by atoms with Gasteiger partial charge in [0.25, 0.3) is 0 Å². The summed E-state index contributed by atoms with van der Waals surface area (Å²) in [6.45, 7) is 6.71. The van der Waals surface area contributed by atoms with Gasteiger partial charge in [0.2, 0.25) is 11.8 Å². The van der Waals surface area contributed by atoms with Crippen LogP contribution >= 0.6 is 0 Å². The van der Waals surface area contributed by atoms with Gasteiger partial charge >= 0.3 is 5.97 Å². The fraction of sp³-hybridized carbons (Fsp3) is 0.786. The summed E-state index contributed by atoms with van der Waals surface area (Å²) < 4.78 is 0. The van der Waals surface area contributed by atoms with E-state index in [0.29, 0.717) is 19.5 Å². The van der Waals surface area contributed by atoms with Crippen LogP contribution in [0, 0.1) is 11.8 Å². The summed E-state index contributed by atoms with van der Waals surface area (Å²) in [6.07, 6.45) is 0.922. The maximum absolute atomic E-state index is 12.0. The van der Waals surface area contributed by atoms with E-state index in [1.54, 1.807) is 4.90 Å². The lowest BCUT2D eigenvalue weighted by atomic mass is 10.0. The lowest BCUT2D eigenvalue weighted by Crippen LogP contribution is -2.37. The monoisotopic (exact) mass is 284 g/mol. The predicted octanol–water partition coefficient (Wildman–Crippen LogP) is 0.860. The van der Waals surface area contributed by atoms with Gasteiger partial charge in [0.05, 0.1) is 5.92 Å². The Hall–Kier alpha value is -1.59. The van der Waals surface area contributed by atoms with E-state index in [0.717, 1.165) is 0 Å². The van der Waals surface area contributed by atoms with Crippen LogP contribution in [0.3, 0.4) is 0 Å². The molecule has 1 rings (SSSR count). The van der Waals surface area contributed by atoms with Crippen LogP contribution in [0.15, 0.2) is 0 Å². The molecule has 0 saturated carbocycles. The van der Waals surface area contributed by atoms with Crippen molar-refractivity contribution in [1.29, 1.82) is 0 Å². The molecule has 6 heteroatoms. The normalized spacial score (nSPS) is 20.3. The van der Waals surface area contributed by atoms with Crippen LogP contribution in [0.25, 0.3) is 0 Å². The first kappa shape index (κ1) is 16.5. The molecule has 20 heavy (non-hydrogen) atoms. The maximum atomic E-state index is 12.0. The van der Waals surface area contributed by atoms with Crippen LogP contribution in [-0.2, 0) is 14.4 Å². The summed E-state index contributed by atoms with van der Waals surface area (Å²) in [6, 6.07) is 0.120. The Kier molecular flexibility index (Phi) is 5.98. The Morgan fingerprint density at radius 3 is 2.55 bits per heavy atom. The number of nitrogens with zero attached hydrogens (tertiary/aromatic N) is 1. The zero-order chi connectivity index (χ0) is 15.3. The van der Waals surface area contributed by atoms with Crippen molar-refractivity contribution in [1.82, 2.24) is 10.2 Å². The van der Waals surface area contributed by atoms with Gasteiger partial charge in [-0.3, -0.25) is 14.4 Å². The molecule has 0 aliphatic carbocycles. The Balaban J connectivity index is 2.33. The summed E-state index contributed by atoms with van der Waals surface area (Å²) in [5.41, 5.74) is 0. The summed E-state index contributed by atoms with van der Waals surface area (Å²) >= 11 is 0. The molecule has 0 aromatic heterocycles. The summed E-state index contributed by atoms with van der Waals surface area (Å²) in [7, 11) is 0. The highest BCUT2D eigenvalue weighted by Crippen LogP contribution is 2.20. The minimum absolute atomic E-state index is 0.0269. The molecule has 0 aromatic rings. The molecule has 1 fully saturated rings. The van der Waals surface area contributed by atoms with Crippen molar-refractivity contribution in [2.45, 2.75) is 46.1 Å². The van der Waals surface area contributed by atoms with Crippen LogP contribution in [0.2, 0.25) is 0 Å². The van der Waals surface area contributed by atoms with Crippen LogP contribution in [0.1, 0.15) is 40.0 Å². The molecule has 2 atom stereocenters. The molecule has 0 bridgehead atoms. The van der Waals surface area contributed by atoms with Crippen molar-refractivity contribution in [3.8, 4) is 0 Å². The van der Waals surface area contributed by atoms with Crippen molar-refractivity contribution >= 4 is 17.8 Å². The highest BCUT2D eigenvalue weighted by molar-refractivity contribution is 5.89. The number of amides is 2. The maximum Gasteiger partial charge on any atom is 0.303 e. The van der Waals surface area contributed by atoms with E-state index in [9.17, 15) is 14.4 Å². The molecule has 114 valence electrons. The fourth-order valence-corrected chi connectivity index (χ4v) is 2.30. The number of hydrogen-bond donors (Lipinski definition) is 2. The van der Waals surface area contributed by atoms with Crippen molar-refractivity contribution < 1.29 is 19.5 Å². The Morgan fingerprint density at radius 1 is 1.40 bits per heavy atom. The summed E-state index contributed by atoms with van der Waals surface area (Å²) in [5, 5.41) is 11.4. The number of carboxylic acids is 1. The predicted molar refractivity (Wildman–Crippen MR) is 74.0 cm³/mol. The third kappa shape index (κ3) is 4.83. The van der Waals surface area contributed by atoms with Gasteiger partial charge < -0.3 is 15.3 Å². The number of likely N-dealkylation sites (tertiary alicyclic amines) is 1. The number of nitrogens with one attached hydrogen (secondary N) is 1. The van der Waals surface area contributed by atoms with Crippen LogP contribution < -0.4 is 5.32 Å². The van der Waals surface area contributed by atoms with Gasteiger partial charge in [-0.25, -0.2) is 0 Å². The van der Waals surface area contributed by atoms with Gasteiger partial charge in [-0.15, -0.1) is 0 Å². The SMILES string of the molecule is CC(CCC(=O)O)CNC(=O)C1CC(=O)N(C(C)C)C1. The molecule has 0 radical (unpaired) electrons. The average molecular weight is 284 g/mol. The van der Waals surface area contributed by atoms with Gasteiger partial charge in [-0.1, -0.05) is 6.92 Å². The zero-order valence-electron chi connectivity index (χ0n) is 12.4. The fourth-order valence-electron chi connectivity index (χ4n) is 2.30. The molecule has 2 amide bonds. The van der Waals surface area contributed by atoms with Gasteiger partial charge in [-0.05, 0) is 26.2 Å². The molecule has 2 unspecified atom stereocenters. The lowest BCUT2D eigenvalue weighted by Gasteiger charge is -2.21. The number of carbonyl (C=O) groups is 3. The molecule has 1 aliphatic heterocycles. The van der Waals surface area contributed by atoms with Gasteiger partial charge in [0, 0.05) is 32.0 Å². The second-order valence-corrected chi connectivity index (χ2v) is 5.82. The number of carbonyl (C=O) groups excluding carboxylic acids is 2. The highest BCUT2D eigenvalue weighted by Gasteiger charge is 2.35. The van der Waals surface area contributed by atoms with E-state index in [2.05, 4.69) is 5.32 Å². The first-order valence-electron chi connectivity index (χ1n) is 7.10. The van der Waals surface area contributed by atoms with Crippen molar-refractivity contribution in [3.05, 3.63) is 0 Å². The van der Waals surface area contributed by atoms with E-state index >= 15 is 0 Å². The molecule has 0 aromatic carbocycles. The molecule has 6 nitrogen and oxygen atoms in total. The average Bonchev–Trinajstić information content (AvgIpc) is 2.75. The van der Waals surface area contributed by atoms with Gasteiger partial charge in [0.1, 0.15) is 0 Å². The lowest BCUT2D eigenvalue weighted by molar-refractivity contribution is -0.137. The summed E-state index contributed by atoms with van der Waals surface area (Å²) in [4.78, 5) is 35.9. The van der Waals surface area contributed by atoms with E-state index in [4.69, 9.17) is 5.11 Å². The first-order chi connectivity index (χ1) is 9.31. The molecule has 1 heterocycles. The zero-order valence-corrected chi connectivity index (χ0v) is 12.4. The van der Waals surface area contributed by atoms with E-state index in [-0.39, 0.29) is 42.5 Å². The smallest absolute Gasteiger partial charge is 0.303 e. The molecule has 0 spiro atoms. The largest absolute Gasteiger partial charge is 0.481 e. The second kappa shape index (κ2) is 7.26. The Bertz CT molecular complexity index is 381. The quantitative estimate of drug-likeness (QED) is 0.726. The number of aliphatic carboxylic acids is 1.